The molecule has 3 nitrogen and oxygen atoms in total. The van der Waals surface area contributed by atoms with Crippen LogP contribution < -0.4 is 4.74 Å². The van der Waals surface area contributed by atoms with Crippen LogP contribution in [0.25, 0.3) is 11.6 Å². The van der Waals surface area contributed by atoms with Crippen LogP contribution >= 0.6 is 11.6 Å². The lowest BCUT2D eigenvalue weighted by Gasteiger charge is -2.07. The molecule has 3 rings (SSSR count). The molecule has 0 bridgehead atoms. The molecule has 0 N–H and O–H groups in total. The SMILES string of the molecule is N#CC(=Cc1cccc(OCc2ccc(Cl)cc2)c1)c1cccc(C#N)c1. The Balaban J connectivity index is 1.79. The highest BCUT2D eigenvalue weighted by molar-refractivity contribution is 6.30. The Hall–Kier alpha value is -3.53. The van der Waals surface area contributed by atoms with E-state index in [-0.39, 0.29) is 0 Å². The van der Waals surface area contributed by atoms with E-state index in [1.165, 1.54) is 0 Å². The van der Waals surface area contributed by atoms with Crippen molar-refractivity contribution in [3.05, 3.63) is 100 Å². The van der Waals surface area contributed by atoms with Gasteiger partial charge in [0.25, 0.3) is 0 Å². The molecule has 3 aromatic carbocycles. The lowest BCUT2D eigenvalue weighted by atomic mass is 10.0. The van der Waals surface area contributed by atoms with E-state index < -0.39 is 0 Å². The van der Waals surface area contributed by atoms with Crippen molar-refractivity contribution in [1.82, 2.24) is 0 Å². The van der Waals surface area contributed by atoms with Crippen molar-refractivity contribution in [2.75, 3.05) is 0 Å². The standard InChI is InChI=1S/C23H15ClN2O/c24-22-9-7-17(8-10-22)16-27-23-6-2-3-18(13-23)11-21(15-26)20-5-1-4-19(12-20)14-25/h1-13H,16H2. The van der Waals surface area contributed by atoms with Crippen LogP contribution in [0.1, 0.15) is 22.3 Å². The summed E-state index contributed by atoms with van der Waals surface area (Å²) >= 11 is 5.89. The van der Waals surface area contributed by atoms with Gasteiger partial charge in [-0.3, -0.25) is 0 Å². The number of halogens is 1. The predicted molar refractivity (Wildman–Crippen MR) is 107 cm³/mol. The number of benzene rings is 3. The van der Waals surface area contributed by atoms with Gasteiger partial charge in [0.05, 0.1) is 23.3 Å². The van der Waals surface area contributed by atoms with Crippen molar-refractivity contribution in [3.63, 3.8) is 0 Å². The van der Waals surface area contributed by atoms with Crippen molar-refractivity contribution < 1.29 is 4.74 Å². The fraction of sp³-hybridized carbons (Fsp3) is 0.0435. The smallest absolute Gasteiger partial charge is 0.120 e. The van der Waals surface area contributed by atoms with Gasteiger partial charge in [0.1, 0.15) is 12.4 Å². The molecule has 0 unspecified atom stereocenters. The Labute approximate surface area is 163 Å². The fourth-order valence-corrected chi connectivity index (χ4v) is 2.67. The summed E-state index contributed by atoms with van der Waals surface area (Å²) in [5.41, 5.74) is 3.59. The van der Waals surface area contributed by atoms with Crippen LogP contribution in [-0.4, -0.2) is 0 Å². The van der Waals surface area contributed by atoms with Crippen molar-refractivity contribution in [2.45, 2.75) is 6.61 Å². The first-order chi connectivity index (χ1) is 13.2. The first-order valence-electron chi connectivity index (χ1n) is 8.27. The van der Waals surface area contributed by atoms with E-state index in [1.54, 1.807) is 24.3 Å². The van der Waals surface area contributed by atoms with E-state index >= 15 is 0 Å². The fourth-order valence-electron chi connectivity index (χ4n) is 2.54. The minimum Gasteiger partial charge on any atom is -0.489 e. The van der Waals surface area contributed by atoms with Crippen LogP contribution in [0.5, 0.6) is 5.75 Å². The van der Waals surface area contributed by atoms with Gasteiger partial charge < -0.3 is 4.74 Å². The maximum atomic E-state index is 9.50. The highest BCUT2D eigenvalue weighted by Gasteiger charge is 2.04. The van der Waals surface area contributed by atoms with Crippen LogP contribution in [0.4, 0.5) is 0 Å². The molecular weight excluding hydrogens is 356 g/mol. The lowest BCUT2D eigenvalue weighted by Crippen LogP contribution is -1.95. The Morgan fingerprint density at radius 1 is 0.963 bits per heavy atom. The summed E-state index contributed by atoms with van der Waals surface area (Å²) in [5, 5.41) is 19.2. The summed E-state index contributed by atoms with van der Waals surface area (Å²) in [4.78, 5) is 0. The summed E-state index contributed by atoms with van der Waals surface area (Å²) < 4.78 is 5.83. The summed E-state index contributed by atoms with van der Waals surface area (Å²) in [6.45, 7) is 0.430. The quantitative estimate of drug-likeness (QED) is 0.417. The molecule has 0 atom stereocenters. The van der Waals surface area contributed by atoms with E-state index in [1.807, 2.05) is 54.6 Å². The zero-order chi connectivity index (χ0) is 19.1. The third-order valence-corrected chi connectivity index (χ3v) is 4.16. The zero-order valence-corrected chi connectivity index (χ0v) is 15.1. The number of nitriles is 2. The molecule has 0 saturated carbocycles. The number of nitrogens with zero attached hydrogens (tertiary/aromatic N) is 2. The van der Waals surface area contributed by atoms with Crippen LogP contribution in [0.2, 0.25) is 5.02 Å². The second-order valence-corrected chi connectivity index (χ2v) is 6.29. The number of hydrogen-bond donors (Lipinski definition) is 0. The first kappa shape index (κ1) is 18.3. The first-order valence-corrected chi connectivity index (χ1v) is 8.65. The molecule has 27 heavy (non-hydrogen) atoms. The molecule has 0 radical (unpaired) electrons. The molecule has 0 amide bonds. The second kappa shape index (κ2) is 8.72. The molecule has 0 aliphatic rings. The normalized spacial score (nSPS) is 10.7. The summed E-state index contributed by atoms with van der Waals surface area (Å²) in [5.74, 6) is 0.710. The third-order valence-electron chi connectivity index (χ3n) is 3.91. The number of allylic oxidation sites excluding steroid dienone is 1. The average Bonchev–Trinajstić information content (AvgIpc) is 2.72. The van der Waals surface area contributed by atoms with Gasteiger partial charge in [-0.25, -0.2) is 0 Å². The predicted octanol–water partition coefficient (Wildman–Crippen LogP) is 5.85. The van der Waals surface area contributed by atoms with E-state index in [4.69, 9.17) is 21.6 Å². The van der Waals surface area contributed by atoms with Gasteiger partial charge in [-0.2, -0.15) is 10.5 Å². The molecule has 0 fully saturated rings. The highest BCUT2D eigenvalue weighted by atomic mass is 35.5. The maximum absolute atomic E-state index is 9.50. The van der Waals surface area contributed by atoms with E-state index in [0.29, 0.717) is 34.1 Å². The molecule has 0 spiro atoms. The van der Waals surface area contributed by atoms with Gasteiger partial charge in [-0.1, -0.05) is 48.0 Å². The minimum atomic E-state index is 0.430. The van der Waals surface area contributed by atoms with Gasteiger partial charge >= 0.3 is 0 Å². The Bertz CT molecular complexity index is 1060. The van der Waals surface area contributed by atoms with Gasteiger partial charge in [0.15, 0.2) is 0 Å². The van der Waals surface area contributed by atoms with Gasteiger partial charge in [0, 0.05) is 5.02 Å². The summed E-state index contributed by atoms with van der Waals surface area (Å²) in [6, 6.07) is 26.3. The summed E-state index contributed by atoms with van der Waals surface area (Å²) in [7, 11) is 0. The summed E-state index contributed by atoms with van der Waals surface area (Å²) in [6.07, 6.45) is 1.78. The van der Waals surface area contributed by atoms with Crippen LogP contribution in [0, 0.1) is 22.7 Å². The van der Waals surface area contributed by atoms with Crippen molar-refractivity contribution >= 4 is 23.3 Å². The molecule has 3 aromatic rings. The average molecular weight is 371 g/mol. The van der Waals surface area contributed by atoms with Crippen LogP contribution in [0.3, 0.4) is 0 Å². The van der Waals surface area contributed by atoms with Gasteiger partial charge in [-0.05, 0) is 59.2 Å². The van der Waals surface area contributed by atoms with Crippen LogP contribution in [0.15, 0.2) is 72.8 Å². The van der Waals surface area contributed by atoms with Gasteiger partial charge in [-0.15, -0.1) is 0 Å². The maximum Gasteiger partial charge on any atom is 0.120 e. The number of rotatable bonds is 5. The molecule has 130 valence electrons. The highest BCUT2D eigenvalue weighted by Crippen LogP contribution is 2.22. The number of ether oxygens (including phenoxy) is 1. The lowest BCUT2D eigenvalue weighted by molar-refractivity contribution is 0.306. The van der Waals surface area contributed by atoms with E-state index in [9.17, 15) is 5.26 Å². The monoisotopic (exact) mass is 370 g/mol. The third kappa shape index (κ3) is 4.98. The van der Waals surface area contributed by atoms with Crippen LogP contribution in [-0.2, 0) is 6.61 Å². The Morgan fingerprint density at radius 2 is 1.74 bits per heavy atom. The minimum absolute atomic E-state index is 0.430. The Kier molecular flexibility index (Phi) is 5.90. The molecule has 0 aliphatic heterocycles. The molecule has 0 aromatic heterocycles. The van der Waals surface area contributed by atoms with Crippen molar-refractivity contribution in [1.29, 1.82) is 10.5 Å². The van der Waals surface area contributed by atoms with Gasteiger partial charge in [0.2, 0.25) is 0 Å². The molecular formula is C23H15ClN2O. The van der Waals surface area contributed by atoms with E-state index in [2.05, 4.69) is 12.1 Å². The molecule has 4 heteroatoms. The topological polar surface area (TPSA) is 56.8 Å². The molecule has 0 saturated heterocycles. The molecule has 0 heterocycles. The van der Waals surface area contributed by atoms with Crippen molar-refractivity contribution in [2.24, 2.45) is 0 Å². The van der Waals surface area contributed by atoms with E-state index in [0.717, 1.165) is 11.1 Å². The largest absolute Gasteiger partial charge is 0.489 e. The molecule has 0 aliphatic carbocycles. The zero-order valence-electron chi connectivity index (χ0n) is 14.4. The number of hydrogen-bond acceptors (Lipinski definition) is 3. The second-order valence-electron chi connectivity index (χ2n) is 5.85. The Morgan fingerprint density at radius 3 is 2.48 bits per heavy atom. The van der Waals surface area contributed by atoms with Crippen molar-refractivity contribution in [3.8, 4) is 17.9 Å².